The molecule has 9 heteroatoms. The average molecular weight is 366 g/mol. The minimum absolute atomic E-state index is 0.276. The van der Waals surface area contributed by atoms with Gasteiger partial charge in [-0.3, -0.25) is 4.57 Å². The van der Waals surface area contributed by atoms with Crippen molar-refractivity contribution in [3.63, 3.8) is 0 Å². The highest BCUT2D eigenvalue weighted by atomic mass is 33.1. The van der Waals surface area contributed by atoms with Gasteiger partial charge in [-0.25, -0.2) is 0 Å². The van der Waals surface area contributed by atoms with E-state index in [1.54, 1.807) is 6.07 Å². The fraction of sp³-hybridized carbons (Fsp3) is 0.692. The van der Waals surface area contributed by atoms with Crippen LogP contribution < -0.4 is 9.47 Å². The van der Waals surface area contributed by atoms with Crippen LogP contribution in [-0.4, -0.2) is 35.5 Å². The average Bonchev–Trinajstić information content (AvgIpc) is 2.46. The Bertz CT molecular complexity index is 471. The number of aromatic nitrogens is 2. The first kappa shape index (κ1) is 19.6. The third-order valence-corrected chi connectivity index (χ3v) is 9.72. The largest absolute Gasteiger partial charge is 0.478 e. The Morgan fingerprint density at radius 3 is 2.36 bits per heavy atom. The second-order valence-corrected chi connectivity index (χ2v) is 11.6. The molecule has 0 amide bonds. The number of nitrogens with zero attached hydrogens (tertiary/aromatic N) is 2. The van der Waals surface area contributed by atoms with Crippen LogP contribution in [0, 0.1) is 0 Å². The molecule has 0 saturated heterocycles. The Morgan fingerprint density at radius 2 is 1.77 bits per heavy atom. The van der Waals surface area contributed by atoms with Gasteiger partial charge in [-0.1, -0.05) is 29.7 Å². The molecule has 0 bridgehead atoms. The van der Waals surface area contributed by atoms with Gasteiger partial charge in [0.1, 0.15) is 0 Å². The van der Waals surface area contributed by atoms with Gasteiger partial charge in [0.2, 0.25) is 5.88 Å². The maximum atomic E-state index is 12.6. The molecule has 0 aromatic carbocycles. The van der Waals surface area contributed by atoms with Crippen LogP contribution in [0.1, 0.15) is 33.4 Å². The zero-order chi connectivity index (χ0) is 16.4. The fourth-order valence-electron chi connectivity index (χ4n) is 1.51. The van der Waals surface area contributed by atoms with Gasteiger partial charge in [-0.05, 0) is 20.8 Å². The maximum Gasteiger partial charge on any atom is 0.319 e. The van der Waals surface area contributed by atoms with Crippen molar-refractivity contribution in [3.8, 4) is 11.9 Å². The van der Waals surface area contributed by atoms with Gasteiger partial charge < -0.3 is 14.0 Å². The summed E-state index contributed by atoms with van der Waals surface area (Å²) in [5, 5.41) is 0. The molecule has 126 valence electrons. The predicted octanol–water partition coefficient (Wildman–Crippen LogP) is 4.40. The molecule has 1 unspecified atom stereocenters. The van der Waals surface area contributed by atoms with Gasteiger partial charge in [0.15, 0.2) is 0 Å². The van der Waals surface area contributed by atoms with Crippen LogP contribution >= 0.6 is 28.5 Å². The lowest BCUT2D eigenvalue weighted by Gasteiger charge is -2.15. The minimum atomic E-state index is -2.75. The number of hydrogen-bond donors (Lipinski definition) is 0. The van der Waals surface area contributed by atoms with Gasteiger partial charge in [0.25, 0.3) is 0 Å². The first-order valence-corrected chi connectivity index (χ1v) is 12.0. The van der Waals surface area contributed by atoms with E-state index in [1.807, 2.05) is 27.7 Å². The maximum absolute atomic E-state index is 12.6. The molecule has 0 aliphatic carbocycles. The summed E-state index contributed by atoms with van der Waals surface area (Å²) in [5.41, 5.74) is 0.712. The first-order chi connectivity index (χ1) is 10.6. The Hall–Kier alpha value is -0.430. The van der Waals surface area contributed by atoms with E-state index < -0.39 is 5.77 Å². The monoisotopic (exact) mass is 366 g/mol. The van der Waals surface area contributed by atoms with Crippen LogP contribution in [0.25, 0.3) is 0 Å². The Morgan fingerprint density at radius 1 is 1.05 bits per heavy atom. The molecular formula is C13H23N2O4PS2. The molecule has 1 heterocycles. The van der Waals surface area contributed by atoms with Crippen molar-refractivity contribution in [3.05, 3.63) is 11.8 Å². The van der Waals surface area contributed by atoms with Gasteiger partial charge in [-0.15, -0.1) is 0 Å². The van der Waals surface area contributed by atoms with Crippen molar-refractivity contribution in [2.75, 3.05) is 25.6 Å². The molecule has 0 aliphatic rings. The SMILES string of the molecule is CCOc1cc(CSP(=O)(OCC)SCC)nc(OCC)n1. The summed E-state index contributed by atoms with van der Waals surface area (Å²) in [5.74, 6) is -1.10. The molecule has 1 aromatic rings. The molecule has 1 atom stereocenters. The molecule has 0 radical (unpaired) electrons. The number of ether oxygens (including phenoxy) is 2. The summed E-state index contributed by atoms with van der Waals surface area (Å²) in [6.45, 7) is 8.97. The summed E-state index contributed by atoms with van der Waals surface area (Å²) >= 11 is 2.62. The van der Waals surface area contributed by atoms with E-state index in [1.165, 1.54) is 22.8 Å². The Balaban J connectivity index is 2.84. The summed E-state index contributed by atoms with van der Waals surface area (Å²) in [6, 6.07) is 2.02. The zero-order valence-corrected chi connectivity index (χ0v) is 15.9. The van der Waals surface area contributed by atoms with Crippen molar-refractivity contribution in [2.45, 2.75) is 33.4 Å². The predicted molar refractivity (Wildman–Crippen MR) is 93.0 cm³/mol. The number of rotatable bonds is 11. The van der Waals surface area contributed by atoms with Crippen LogP contribution in [0.15, 0.2) is 6.07 Å². The smallest absolute Gasteiger partial charge is 0.319 e. The van der Waals surface area contributed by atoms with Gasteiger partial charge >= 0.3 is 11.8 Å². The molecule has 0 saturated carbocycles. The highest BCUT2D eigenvalue weighted by molar-refractivity contribution is 8.89. The fourth-order valence-corrected chi connectivity index (χ4v) is 8.02. The summed E-state index contributed by atoms with van der Waals surface area (Å²) < 4.78 is 28.8. The van der Waals surface area contributed by atoms with Crippen LogP contribution in [0.5, 0.6) is 11.9 Å². The zero-order valence-electron chi connectivity index (χ0n) is 13.4. The number of hydrogen-bond acceptors (Lipinski definition) is 8. The molecule has 0 fully saturated rings. The van der Waals surface area contributed by atoms with Crippen molar-refractivity contribution < 1.29 is 18.6 Å². The highest BCUT2D eigenvalue weighted by Gasteiger charge is 2.24. The van der Waals surface area contributed by atoms with E-state index in [0.717, 1.165) is 5.75 Å². The molecule has 1 aromatic heterocycles. The van der Waals surface area contributed by atoms with Gasteiger partial charge in [0.05, 0.1) is 25.5 Å². The lowest BCUT2D eigenvalue weighted by Crippen LogP contribution is -2.03. The van der Waals surface area contributed by atoms with E-state index in [-0.39, 0.29) is 6.01 Å². The third kappa shape index (κ3) is 6.77. The van der Waals surface area contributed by atoms with Crippen molar-refractivity contribution in [1.82, 2.24) is 9.97 Å². The highest BCUT2D eigenvalue weighted by Crippen LogP contribution is 2.70. The van der Waals surface area contributed by atoms with E-state index in [9.17, 15) is 4.57 Å². The van der Waals surface area contributed by atoms with E-state index in [0.29, 0.717) is 37.1 Å². The molecule has 6 nitrogen and oxygen atoms in total. The Labute approximate surface area is 140 Å². The second kappa shape index (κ2) is 10.4. The van der Waals surface area contributed by atoms with E-state index in [4.69, 9.17) is 14.0 Å². The van der Waals surface area contributed by atoms with Gasteiger partial charge in [0, 0.05) is 17.6 Å². The lowest BCUT2D eigenvalue weighted by atomic mass is 10.4. The first-order valence-electron chi connectivity index (χ1n) is 7.24. The van der Waals surface area contributed by atoms with Crippen LogP contribution in [-0.2, 0) is 14.8 Å². The van der Waals surface area contributed by atoms with Crippen molar-refractivity contribution in [2.24, 2.45) is 0 Å². The van der Waals surface area contributed by atoms with Gasteiger partial charge in [-0.2, -0.15) is 9.97 Å². The quantitative estimate of drug-likeness (QED) is 0.534. The molecule has 0 spiro atoms. The molecule has 1 rings (SSSR count). The van der Waals surface area contributed by atoms with Crippen LogP contribution in [0.3, 0.4) is 0 Å². The normalized spacial score (nSPS) is 13.6. The summed E-state index contributed by atoms with van der Waals surface area (Å²) in [4.78, 5) is 8.47. The lowest BCUT2D eigenvalue weighted by molar-refractivity contribution is 0.288. The molecule has 0 aliphatic heterocycles. The molecule has 22 heavy (non-hydrogen) atoms. The standard InChI is InChI=1S/C13H23N2O4PS2/c1-5-17-12-9-11(14-13(15-12)18-6-2)10-22-20(16,19-7-3)21-8-4/h9H,5-8,10H2,1-4H3. The second-order valence-electron chi connectivity index (χ2n) is 3.90. The van der Waals surface area contributed by atoms with Crippen molar-refractivity contribution >= 4 is 28.5 Å². The minimum Gasteiger partial charge on any atom is -0.478 e. The van der Waals surface area contributed by atoms with E-state index in [2.05, 4.69) is 9.97 Å². The topological polar surface area (TPSA) is 70.5 Å². The van der Waals surface area contributed by atoms with Crippen LogP contribution in [0.2, 0.25) is 0 Å². The van der Waals surface area contributed by atoms with Crippen molar-refractivity contribution in [1.29, 1.82) is 0 Å². The van der Waals surface area contributed by atoms with E-state index >= 15 is 0 Å². The molecule has 0 N–H and O–H groups in total. The summed E-state index contributed by atoms with van der Waals surface area (Å²) in [6.07, 6.45) is 0. The third-order valence-electron chi connectivity index (χ3n) is 2.25. The molecular weight excluding hydrogens is 343 g/mol. The van der Waals surface area contributed by atoms with Crippen LogP contribution in [0.4, 0.5) is 0 Å². The summed E-state index contributed by atoms with van der Waals surface area (Å²) in [7, 11) is 0. The Kier molecular flexibility index (Phi) is 9.24.